The van der Waals surface area contributed by atoms with Crippen molar-refractivity contribution >= 4 is 17.6 Å². The molecule has 0 atom stereocenters. The quantitative estimate of drug-likeness (QED) is 0.437. The molecular weight excluding hydrogens is 342 g/mol. The van der Waals surface area contributed by atoms with Crippen molar-refractivity contribution in [1.29, 1.82) is 0 Å². The van der Waals surface area contributed by atoms with Gasteiger partial charge < -0.3 is 21.2 Å². The van der Waals surface area contributed by atoms with Crippen molar-refractivity contribution in [3.63, 3.8) is 0 Å². The molecule has 0 aliphatic heterocycles. The van der Waals surface area contributed by atoms with Crippen molar-refractivity contribution in [2.24, 2.45) is 27.1 Å². The van der Waals surface area contributed by atoms with Gasteiger partial charge in [-0.3, -0.25) is 4.79 Å². The third-order valence-corrected chi connectivity index (χ3v) is 4.58. The van der Waals surface area contributed by atoms with Gasteiger partial charge in [0, 0.05) is 24.1 Å². The molecule has 0 unspecified atom stereocenters. The first-order chi connectivity index (χ1) is 12.8. The van der Waals surface area contributed by atoms with Crippen molar-refractivity contribution in [3.05, 3.63) is 58.5 Å². The van der Waals surface area contributed by atoms with E-state index in [4.69, 9.17) is 15.9 Å². The predicted octanol–water partition coefficient (Wildman–Crippen LogP) is 2.47. The molecule has 1 aliphatic carbocycles. The molecule has 0 bridgehead atoms. The molecule has 7 nitrogen and oxygen atoms in total. The summed E-state index contributed by atoms with van der Waals surface area (Å²) in [6.07, 6.45) is 1.41. The maximum atomic E-state index is 12.7. The highest BCUT2D eigenvalue weighted by molar-refractivity contribution is 6.07. The van der Waals surface area contributed by atoms with Crippen molar-refractivity contribution < 1.29 is 9.21 Å². The van der Waals surface area contributed by atoms with Gasteiger partial charge in [0.25, 0.3) is 5.91 Å². The normalized spacial score (nSPS) is 16.6. The van der Waals surface area contributed by atoms with Crippen LogP contribution in [0.2, 0.25) is 0 Å². The average Bonchev–Trinajstić information content (AvgIpc) is 2.93. The topological polar surface area (TPSA) is 119 Å². The highest BCUT2D eigenvalue weighted by Crippen LogP contribution is 2.38. The van der Waals surface area contributed by atoms with Crippen LogP contribution in [0, 0.1) is 12.3 Å². The van der Waals surface area contributed by atoms with E-state index in [1.807, 2.05) is 37.3 Å². The fraction of sp³-hybridized carbons (Fsp3) is 0.350. The number of rotatable bonds is 4. The van der Waals surface area contributed by atoms with E-state index < -0.39 is 0 Å². The van der Waals surface area contributed by atoms with Gasteiger partial charge in [-0.15, -0.1) is 5.10 Å². The van der Waals surface area contributed by atoms with E-state index in [-0.39, 0.29) is 17.3 Å². The van der Waals surface area contributed by atoms with Gasteiger partial charge >= 0.3 is 0 Å². The van der Waals surface area contributed by atoms with E-state index in [0.717, 1.165) is 34.6 Å². The summed E-state index contributed by atoms with van der Waals surface area (Å²) in [6.45, 7) is 6.54. The van der Waals surface area contributed by atoms with Crippen LogP contribution in [0.1, 0.15) is 53.3 Å². The molecule has 142 valence electrons. The largest absolute Gasteiger partial charge is 0.455 e. The van der Waals surface area contributed by atoms with E-state index in [0.29, 0.717) is 18.7 Å². The summed E-state index contributed by atoms with van der Waals surface area (Å²) < 4.78 is 5.96. The lowest BCUT2D eigenvalue weighted by Gasteiger charge is -2.29. The lowest BCUT2D eigenvalue weighted by molar-refractivity contribution is 0.0919. The van der Waals surface area contributed by atoms with Gasteiger partial charge in [0.05, 0.1) is 5.71 Å². The molecule has 0 radical (unpaired) electrons. The number of amides is 1. The highest BCUT2D eigenvalue weighted by atomic mass is 16.4. The zero-order chi connectivity index (χ0) is 19.6. The smallest absolute Gasteiger partial charge is 0.287 e. The summed E-state index contributed by atoms with van der Waals surface area (Å²) in [7, 11) is 0. The molecule has 1 heterocycles. The van der Waals surface area contributed by atoms with Gasteiger partial charge in [0.15, 0.2) is 5.76 Å². The Hall–Kier alpha value is -3.09. The van der Waals surface area contributed by atoms with Gasteiger partial charge in [-0.2, -0.15) is 5.10 Å². The molecule has 0 saturated carbocycles. The molecule has 2 aromatic rings. The number of hydrogen-bond donors (Lipinski definition) is 3. The van der Waals surface area contributed by atoms with E-state index in [1.54, 1.807) is 0 Å². The fourth-order valence-electron chi connectivity index (χ4n) is 3.39. The van der Waals surface area contributed by atoms with Crippen LogP contribution in [0.15, 0.2) is 45.0 Å². The summed E-state index contributed by atoms with van der Waals surface area (Å²) in [5.41, 5.74) is 14.1. The Balaban J connectivity index is 1.90. The average molecular weight is 367 g/mol. The summed E-state index contributed by atoms with van der Waals surface area (Å²) in [6, 6.07) is 9.74. The first-order valence-corrected chi connectivity index (χ1v) is 8.87. The molecule has 3 rings (SSSR count). The Kier molecular flexibility index (Phi) is 5.03. The van der Waals surface area contributed by atoms with Gasteiger partial charge in [0.2, 0.25) is 5.96 Å². The summed E-state index contributed by atoms with van der Waals surface area (Å²) in [4.78, 5) is 12.7. The summed E-state index contributed by atoms with van der Waals surface area (Å²) >= 11 is 0. The standard InChI is InChI=1S/C20H25N5O2/c1-12-16-14(24-25-19(21)22)9-20(2,3)10-15(16)27-17(12)18(26)23-11-13-7-5-4-6-8-13/h4-8H,9-11H2,1-3H3,(H,23,26)(H4,21,22,25)/b24-14-. The molecule has 1 aromatic carbocycles. The number of carbonyl (C=O) groups excluding carboxylic acids is 1. The van der Waals surface area contributed by atoms with Gasteiger partial charge in [-0.05, 0) is 24.3 Å². The summed E-state index contributed by atoms with van der Waals surface area (Å²) in [5, 5.41) is 10.9. The van der Waals surface area contributed by atoms with Crippen molar-refractivity contribution in [2.45, 2.75) is 40.2 Å². The van der Waals surface area contributed by atoms with Crippen LogP contribution in [-0.2, 0) is 13.0 Å². The fourth-order valence-corrected chi connectivity index (χ4v) is 3.39. The van der Waals surface area contributed by atoms with Crippen LogP contribution >= 0.6 is 0 Å². The molecule has 7 heteroatoms. The number of guanidine groups is 1. The maximum Gasteiger partial charge on any atom is 0.287 e. The van der Waals surface area contributed by atoms with Crippen LogP contribution in [0.25, 0.3) is 0 Å². The summed E-state index contributed by atoms with van der Waals surface area (Å²) in [5.74, 6) is 0.711. The first-order valence-electron chi connectivity index (χ1n) is 8.87. The van der Waals surface area contributed by atoms with Crippen molar-refractivity contribution in [1.82, 2.24) is 5.32 Å². The van der Waals surface area contributed by atoms with Crippen LogP contribution in [0.4, 0.5) is 0 Å². The second-order valence-electron chi connectivity index (χ2n) is 7.61. The van der Waals surface area contributed by atoms with E-state index in [2.05, 4.69) is 29.4 Å². The molecule has 27 heavy (non-hydrogen) atoms. The second-order valence-corrected chi connectivity index (χ2v) is 7.61. The molecule has 1 aliphatic rings. The monoisotopic (exact) mass is 367 g/mol. The number of nitrogens with two attached hydrogens (primary N) is 2. The zero-order valence-corrected chi connectivity index (χ0v) is 15.9. The number of fused-ring (bicyclic) bond motifs is 1. The third kappa shape index (κ3) is 4.19. The Morgan fingerprint density at radius 1 is 1.22 bits per heavy atom. The Bertz CT molecular complexity index is 906. The van der Waals surface area contributed by atoms with Crippen LogP contribution in [-0.4, -0.2) is 17.6 Å². The van der Waals surface area contributed by atoms with Gasteiger partial charge in [0.1, 0.15) is 5.76 Å². The zero-order valence-electron chi connectivity index (χ0n) is 15.9. The van der Waals surface area contributed by atoms with Gasteiger partial charge in [-0.1, -0.05) is 44.2 Å². The predicted molar refractivity (Wildman–Crippen MR) is 106 cm³/mol. The number of hydrogen-bond acceptors (Lipinski definition) is 4. The number of nitrogens with zero attached hydrogens (tertiary/aromatic N) is 2. The third-order valence-electron chi connectivity index (χ3n) is 4.58. The van der Waals surface area contributed by atoms with Crippen LogP contribution < -0.4 is 16.8 Å². The van der Waals surface area contributed by atoms with Gasteiger partial charge in [-0.25, -0.2) is 0 Å². The minimum Gasteiger partial charge on any atom is -0.455 e. The molecular formula is C20H25N5O2. The molecule has 5 N–H and O–H groups in total. The number of carbonyl (C=O) groups is 1. The van der Waals surface area contributed by atoms with Crippen LogP contribution in [0.3, 0.4) is 0 Å². The Morgan fingerprint density at radius 2 is 1.93 bits per heavy atom. The minimum absolute atomic E-state index is 0.0627. The minimum atomic E-state index is -0.246. The van der Waals surface area contributed by atoms with E-state index >= 15 is 0 Å². The molecule has 0 saturated heterocycles. The Morgan fingerprint density at radius 3 is 2.59 bits per heavy atom. The van der Waals surface area contributed by atoms with Crippen molar-refractivity contribution in [2.75, 3.05) is 0 Å². The SMILES string of the molecule is Cc1c(C(=O)NCc2ccccc2)oc2c1/C(=N\N=C(N)N)CC(C)(C)C2. The second kappa shape index (κ2) is 7.26. The van der Waals surface area contributed by atoms with Crippen LogP contribution in [0.5, 0.6) is 0 Å². The van der Waals surface area contributed by atoms with Crippen molar-refractivity contribution in [3.8, 4) is 0 Å². The molecule has 1 aromatic heterocycles. The molecule has 1 amide bonds. The highest BCUT2D eigenvalue weighted by Gasteiger charge is 2.36. The lowest BCUT2D eigenvalue weighted by atomic mass is 9.75. The lowest BCUT2D eigenvalue weighted by Crippen LogP contribution is -2.27. The molecule has 0 fully saturated rings. The molecule has 0 spiro atoms. The van der Waals surface area contributed by atoms with E-state index in [9.17, 15) is 4.79 Å². The number of benzene rings is 1. The first kappa shape index (κ1) is 18.7. The van der Waals surface area contributed by atoms with E-state index in [1.165, 1.54) is 0 Å². The number of furan rings is 1. The Labute approximate surface area is 158 Å². The number of nitrogens with one attached hydrogen (secondary N) is 1. The maximum absolute atomic E-state index is 12.7.